The molecule has 3 rings (SSSR count). The molecule has 0 amide bonds. The predicted molar refractivity (Wildman–Crippen MR) is 134 cm³/mol. The lowest BCUT2D eigenvalue weighted by Crippen LogP contribution is -2.08. The minimum absolute atomic E-state index is 0.0338. The SMILES string of the molecule is CCc1c(-c2nc3c(N)c(F)cc(CCCCBr)c3n2CC(C)C)oc(P(=O)(O)O)c1CC. The van der Waals surface area contributed by atoms with E-state index in [1.54, 1.807) is 0 Å². The molecule has 10 heteroatoms. The Bertz CT molecular complexity index is 1200. The molecule has 0 saturated carbocycles. The van der Waals surface area contributed by atoms with Crippen molar-refractivity contribution in [3.63, 3.8) is 0 Å². The average molecular weight is 544 g/mol. The van der Waals surface area contributed by atoms with Crippen molar-refractivity contribution < 1.29 is 23.2 Å². The van der Waals surface area contributed by atoms with Gasteiger partial charge in [-0.05, 0) is 49.7 Å². The van der Waals surface area contributed by atoms with Crippen molar-refractivity contribution in [2.45, 2.75) is 66.3 Å². The fourth-order valence-electron chi connectivity index (χ4n) is 4.34. The van der Waals surface area contributed by atoms with E-state index in [0.29, 0.717) is 54.0 Å². The zero-order valence-corrected chi connectivity index (χ0v) is 22.0. The molecule has 7 nitrogen and oxygen atoms in total. The molecule has 2 heterocycles. The van der Waals surface area contributed by atoms with E-state index in [-0.39, 0.29) is 17.1 Å². The number of unbranched alkanes of at least 4 members (excludes halogenated alkanes) is 1. The molecule has 0 unspecified atom stereocenters. The lowest BCUT2D eigenvalue weighted by Gasteiger charge is -2.14. The van der Waals surface area contributed by atoms with Crippen LogP contribution >= 0.6 is 23.5 Å². The number of nitrogens with zero attached hydrogens (tertiary/aromatic N) is 2. The highest BCUT2D eigenvalue weighted by molar-refractivity contribution is 9.09. The highest BCUT2D eigenvalue weighted by atomic mass is 79.9. The Hall–Kier alpha value is -1.67. The summed E-state index contributed by atoms with van der Waals surface area (Å²) >= 11 is 3.44. The monoisotopic (exact) mass is 543 g/mol. The van der Waals surface area contributed by atoms with Gasteiger partial charge in [0, 0.05) is 23.0 Å². The van der Waals surface area contributed by atoms with Crippen LogP contribution in [0.1, 0.15) is 57.2 Å². The van der Waals surface area contributed by atoms with Crippen LogP contribution in [-0.2, 0) is 30.4 Å². The van der Waals surface area contributed by atoms with Crippen LogP contribution in [-0.4, -0.2) is 24.7 Å². The van der Waals surface area contributed by atoms with Gasteiger partial charge < -0.3 is 24.5 Å². The summed E-state index contributed by atoms with van der Waals surface area (Å²) in [4.78, 5) is 24.5. The molecule has 33 heavy (non-hydrogen) atoms. The summed E-state index contributed by atoms with van der Waals surface area (Å²) in [5.74, 6) is 0.451. The smallest absolute Gasteiger partial charge is 0.391 e. The van der Waals surface area contributed by atoms with Crippen molar-refractivity contribution >= 4 is 45.7 Å². The molecule has 1 aromatic carbocycles. The minimum atomic E-state index is -4.63. The molecule has 182 valence electrons. The van der Waals surface area contributed by atoms with Crippen LogP contribution < -0.4 is 11.2 Å². The maximum Gasteiger partial charge on any atom is 0.391 e. The summed E-state index contributed by atoms with van der Waals surface area (Å²) in [6.45, 7) is 8.44. The van der Waals surface area contributed by atoms with Crippen molar-refractivity contribution in [2.75, 3.05) is 11.1 Å². The number of benzene rings is 1. The van der Waals surface area contributed by atoms with E-state index >= 15 is 0 Å². The number of hydrogen-bond donors (Lipinski definition) is 3. The number of halogens is 2. The third kappa shape index (κ3) is 5.06. The second kappa shape index (κ2) is 10.3. The predicted octanol–water partition coefficient (Wildman–Crippen LogP) is 5.32. The van der Waals surface area contributed by atoms with E-state index in [4.69, 9.17) is 15.1 Å². The van der Waals surface area contributed by atoms with Gasteiger partial charge in [0.05, 0.1) is 11.2 Å². The molecule has 0 aliphatic rings. The molecule has 2 aromatic heterocycles. The van der Waals surface area contributed by atoms with Gasteiger partial charge in [-0.1, -0.05) is 43.6 Å². The molecule has 0 atom stereocenters. The maximum atomic E-state index is 14.7. The maximum absolute atomic E-state index is 14.7. The first-order chi connectivity index (χ1) is 15.5. The molecule has 4 N–H and O–H groups in total. The molecule has 0 aliphatic heterocycles. The second-order valence-corrected chi connectivity index (χ2v) is 10.9. The number of fused-ring (bicyclic) bond motifs is 1. The molecule has 0 aliphatic carbocycles. The zero-order chi connectivity index (χ0) is 24.5. The quantitative estimate of drug-likeness (QED) is 0.138. The number of nitrogens with two attached hydrogens (primary N) is 1. The topological polar surface area (TPSA) is 115 Å². The Labute approximate surface area is 201 Å². The Kier molecular flexibility index (Phi) is 8.10. The number of alkyl halides is 1. The summed E-state index contributed by atoms with van der Waals surface area (Å²) in [6, 6.07) is 1.48. The second-order valence-electron chi connectivity index (χ2n) is 8.66. The number of imidazole rings is 1. The van der Waals surface area contributed by atoms with Crippen LogP contribution in [0.5, 0.6) is 0 Å². The van der Waals surface area contributed by atoms with Crippen LogP contribution in [0.2, 0.25) is 0 Å². The molecular formula is C23H32BrFN3O4P. The van der Waals surface area contributed by atoms with Gasteiger partial charge in [0.25, 0.3) is 0 Å². The summed E-state index contributed by atoms with van der Waals surface area (Å²) in [6.07, 6.45) is 3.40. The van der Waals surface area contributed by atoms with E-state index < -0.39 is 13.4 Å². The van der Waals surface area contributed by atoms with E-state index in [2.05, 4.69) is 29.8 Å². The Morgan fingerprint density at radius 3 is 2.45 bits per heavy atom. The van der Waals surface area contributed by atoms with Crippen LogP contribution in [0, 0.1) is 11.7 Å². The van der Waals surface area contributed by atoms with E-state index in [1.807, 2.05) is 18.4 Å². The van der Waals surface area contributed by atoms with Gasteiger partial charge in [0.2, 0.25) is 5.50 Å². The average Bonchev–Trinajstić information content (AvgIpc) is 3.29. The fraction of sp³-hybridized carbons (Fsp3) is 0.522. The number of anilines is 1. The summed E-state index contributed by atoms with van der Waals surface area (Å²) in [5.41, 5.74) is 8.89. The van der Waals surface area contributed by atoms with Crippen LogP contribution in [0.3, 0.4) is 0 Å². The molecule has 0 fully saturated rings. The van der Waals surface area contributed by atoms with Crippen molar-refractivity contribution in [1.82, 2.24) is 9.55 Å². The van der Waals surface area contributed by atoms with Crippen molar-refractivity contribution in [3.05, 3.63) is 28.6 Å². The van der Waals surface area contributed by atoms with Crippen molar-refractivity contribution in [1.29, 1.82) is 0 Å². The van der Waals surface area contributed by atoms with Crippen molar-refractivity contribution in [3.8, 4) is 11.6 Å². The van der Waals surface area contributed by atoms with Gasteiger partial charge in [-0.2, -0.15) is 0 Å². The zero-order valence-electron chi connectivity index (χ0n) is 19.5. The minimum Gasteiger partial charge on any atom is -0.444 e. The molecule has 0 saturated heterocycles. The summed E-state index contributed by atoms with van der Waals surface area (Å²) in [7, 11) is -4.63. The number of nitrogen functional groups attached to an aromatic ring is 1. The van der Waals surface area contributed by atoms with Gasteiger partial charge in [0.15, 0.2) is 11.6 Å². The van der Waals surface area contributed by atoms with E-state index in [9.17, 15) is 18.7 Å². The first-order valence-electron chi connectivity index (χ1n) is 11.3. The molecule has 3 aromatic rings. The third-order valence-electron chi connectivity index (χ3n) is 5.73. The highest BCUT2D eigenvalue weighted by Gasteiger charge is 2.33. The Balaban J connectivity index is 2.39. The number of furan rings is 1. The lowest BCUT2D eigenvalue weighted by atomic mass is 10.0. The van der Waals surface area contributed by atoms with Crippen LogP contribution in [0.25, 0.3) is 22.6 Å². The van der Waals surface area contributed by atoms with E-state index in [0.717, 1.165) is 29.3 Å². The fourth-order valence-corrected chi connectivity index (χ4v) is 5.59. The van der Waals surface area contributed by atoms with Gasteiger partial charge in [-0.25, -0.2) is 9.37 Å². The van der Waals surface area contributed by atoms with Crippen LogP contribution in [0.15, 0.2) is 10.5 Å². The number of hydrogen-bond acceptors (Lipinski definition) is 4. The summed E-state index contributed by atoms with van der Waals surface area (Å²) < 4.78 is 34.7. The normalized spacial score (nSPS) is 12.4. The Morgan fingerprint density at radius 1 is 1.24 bits per heavy atom. The third-order valence-corrected chi connectivity index (χ3v) is 7.18. The molecule has 0 radical (unpaired) electrons. The van der Waals surface area contributed by atoms with Gasteiger partial charge >= 0.3 is 7.60 Å². The largest absolute Gasteiger partial charge is 0.444 e. The first-order valence-corrected chi connectivity index (χ1v) is 14.0. The highest BCUT2D eigenvalue weighted by Crippen LogP contribution is 2.42. The van der Waals surface area contributed by atoms with Gasteiger partial charge in [-0.15, -0.1) is 0 Å². The first kappa shape index (κ1) is 25.9. The number of aryl methyl sites for hydroxylation is 1. The van der Waals surface area contributed by atoms with Gasteiger partial charge in [0.1, 0.15) is 11.3 Å². The lowest BCUT2D eigenvalue weighted by molar-refractivity contribution is 0.376. The van der Waals surface area contributed by atoms with Gasteiger partial charge in [-0.3, -0.25) is 4.57 Å². The van der Waals surface area contributed by atoms with Crippen LogP contribution in [0.4, 0.5) is 10.1 Å². The number of rotatable bonds is 10. The standard InChI is InChI=1S/C23H32BrFN3O4P/c1-5-15-16(6-2)23(33(29,30)31)32-21(15)22-27-19-18(26)17(25)11-14(9-7-8-10-24)20(19)28(22)12-13(3)4/h11,13H,5-10,12,26H2,1-4H3,(H2,29,30,31). The molecule has 0 spiro atoms. The van der Waals surface area contributed by atoms with E-state index in [1.165, 1.54) is 6.07 Å². The Morgan fingerprint density at radius 2 is 1.91 bits per heavy atom. The van der Waals surface area contributed by atoms with Crippen molar-refractivity contribution in [2.24, 2.45) is 5.92 Å². The summed E-state index contributed by atoms with van der Waals surface area (Å²) in [5, 5.41) is 0.862. The molecule has 0 bridgehead atoms. The number of aromatic nitrogens is 2. The molecular weight excluding hydrogens is 512 g/mol.